The fraction of sp³-hybridized carbons (Fsp3) is 0.417. The van der Waals surface area contributed by atoms with Gasteiger partial charge in [0.2, 0.25) is 0 Å². The number of halogens is 1. The Balaban J connectivity index is 2.70. The second-order valence-electron chi connectivity index (χ2n) is 3.78. The van der Waals surface area contributed by atoms with Gasteiger partial charge in [-0.25, -0.2) is 10.3 Å². The number of benzene rings is 1. The fourth-order valence-electron chi connectivity index (χ4n) is 1.69. The summed E-state index contributed by atoms with van der Waals surface area (Å²) in [5.41, 5.74) is 3.13. The predicted molar refractivity (Wildman–Crippen MR) is 69.3 cm³/mol. The number of amides is 2. The zero-order valence-corrected chi connectivity index (χ0v) is 11.3. The molecular weight excluding hydrogens is 256 g/mol. The summed E-state index contributed by atoms with van der Waals surface area (Å²) < 4.78 is 5.39. The second kappa shape index (κ2) is 7.20. The summed E-state index contributed by atoms with van der Waals surface area (Å²) in [6.45, 7) is 1.85. The van der Waals surface area contributed by atoms with E-state index >= 15 is 0 Å². The van der Waals surface area contributed by atoms with Gasteiger partial charge in [0.05, 0.1) is 13.2 Å². The predicted octanol–water partition coefficient (Wildman–Crippen LogP) is 2.28. The summed E-state index contributed by atoms with van der Waals surface area (Å²) in [6.07, 6.45) is -0.259. The van der Waals surface area contributed by atoms with Gasteiger partial charge in [-0.05, 0) is 24.6 Å². The average molecular weight is 273 g/mol. The highest BCUT2D eigenvalue weighted by Gasteiger charge is 2.20. The number of carbonyl (C=O) groups is 1. The molecule has 0 heterocycles. The van der Waals surface area contributed by atoms with Crippen LogP contribution in [0.2, 0.25) is 5.02 Å². The van der Waals surface area contributed by atoms with Gasteiger partial charge in [0.25, 0.3) is 0 Å². The molecular formula is C12H17ClN2O3. The standard InChI is InChI=1S/C12H17ClN2O3/c1-8(14-12(16)15-18-3)11(17-2)9-4-6-10(13)7-5-9/h4-8,11H,1-3H3,(H2,14,15,16)/t8-,11+/m1/s1. The number of hydroxylamine groups is 1. The van der Waals surface area contributed by atoms with E-state index in [4.69, 9.17) is 16.3 Å². The maximum Gasteiger partial charge on any atom is 0.339 e. The lowest BCUT2D eigenvalue weighted by Gasteiger charge is -2.24. The van der Waals surface area contributed by atoms with Crippen molar-refractivity contribution in [2.75, 3.05) is 14.2 Å². The first-order chi connectivity index (χ1) is 8.58. The maximum absolute atomic E-state index is 11.3. The molecule has 2 amide bonds. The molecule has 2 atom stereocenters. The number of hydrogen-bond donors (Lipinski definition) is 2. The van der Waals surface area contributed by atoms with Crippen LogP contribution in [0.15, 0.2) is 24.3 Å². The lowest BCUT2D eigenvalue weighted by Crippen LogP contribution is -2.43. The highest BCUT2D eigenvalue weighted by molar-refractivity contribution is 6.30. The number of carbonyl (C=O) groups excluding carboxylic acids is 1. The smallest absolute Gasteiger partial charge is 0.339 e. The van der Waals surface area contributed by atoms with Gasteiger partial charge in [-0.2, -0.15) is 0 Å². The van der Waals surface area contributed by atoms with Crippen molar-refractivity contribution < 1.29 is 14.4 Å². The highest BCUT2D eigenvalue weighted by Crippen LogP contribution is 2.22. The Morgan fingerprint density at radius 1 is 1.28 bits per heavy atom. The molecule has 0 radical (unpaired) electrons. The van der Waals surface area contributed by atoms with Crippen molar-refractivity contribution in [1.29, 1.82) is 0 Å². The van der Waals surface area contributed by atoms with Crippen LogP contribution in [0.4, 0.5) is 4.79 Å². The fourth-order valence-corrected chi connectivity index (χ4v) is 1.81. The molecule has 0 spiro atoms. The lowest BCUT2D eigenvalue weighted by molar-refractivity contribution is 0.0676. The summed E-state index contributed by atoms with van der Waals surface area (Å²) in [4.78, 5) is 15.9. The number of rotatable bonds is 5. The molecule has 5 nitrogen and oxygen atoms in total. The first-order valence-corrected chi connectivity index (χ1v) is 5.84. The van der Waals surface area contributed by atoms with E-state index in [1.165, 1.54) is 7.11 Å². The van der Waals surface area contributed by atoms with Gasteiger partial charge < -0.3 is 10.1 Å². The quantitative estimate of drug-likeness (QED) is 0.809. The number of urea groups is 1. The van der Waals surface area contributed by atoms with E-state index in [2.05, 4.69) is 15.6 Å². The van der Waals surface area contributed by atoms with Gasteiger partial charge >= 0.3 is 6.03 Å². The minimum absolute atomic E-state index is 0.216. The minimum Gasteiger partial charge on any atom is -0.375 e. The van der Waals surface area contributed by atoms with Crippen LogP contribution >= 0.6 is 11.6 Å². The first-order valence-electron chi connectivity index (χ1n) is 5.46. The monoisotopic (exact) mass is 272 g/mol. The van der Waals surface area contributed by atoms with Crippen molar-refractivity contribution in [3.63, 3.8) is 0 Å². The van der Waals surface area contributed by atoms with Crippen LogP contribution in [-0.2, 0) is 9.57 Å². The highest BCUT2D eigenvalue weighted by atomic mass is 35.5. The number of hydrogen-bond acceptors (Lipinski definition) is 3. The average Bonchev–Trinajstić information content (AvgIpc) is 2.32. The second-order valence-corrected chi connectivity index (χ2v) is 4.21. The Labute approximate surface area is 111 Å². The van der Waals surface area contributed by atoms with Gasteiger partial charge in [-0.15, -0.1) is 0 Å². The van der Waals surface area contributed by atoms with Crippen molar-refractivity contribution in [2.45, 2.75) is 19.1 Å². The van der Waals surface area contributed by atoms with Gasteiger partial charge in [-0.1, -0.05) is 23.7 Å². The summed E-state index contributed by atoms with van der Waals surface area (Å²) in [6, 6.07) is 6.66. The third-order valence-electron chi connectivity index (χ3n) is 2.46. The van der Waals surface area contributed by atoms with Crippen molar-refractivity contribution >= 4 is 17.6 Å². The molecule has 0 unspecified atom stereocenters. The van der Waals surface area contributed by atoms with E-state index < -0.39 is 6.03 Å². The van der Waals surface area contributed by atoms with Crippen LogP contribution in [0.1, 0.15) is 18.6 Å². The minimum atomic E-state index is -0.416. The van der Waals surface area contributed by atoms with Gasteiger partial charge in [-0.3, -0.25) is 4.84 Å². The molecule has 100 valence electrons. The summed E-state index contributed by atoms with van der Waals surface area (Å²) in [7, 11) is 2.96. The van der Waals surface area contributed by atoms with E-state index in [1.54, 1.807) is 19.2 Å². The van der Waals surface area contributed by atoms with E-state index in [-0.39, 0.29) is 12.1 Å². The van der Waals surface area contributed by atoms with E-state index in [1.807, 2.05) is 19.1 Å². The normalized spacial score (nSPS) is 13.8. The third kappa shape index (κ3) is 4.18. The van der Waals surface area contributed by atoms with Crippen LogP contribution in [0.25, 0.3) is 0 Å². The number of ether oxygens (including phenoxy) is 1. The first kappa shape index (κ1) is 14.8. The van der Waals surface area contributed by atoms with Crippen LogP contribution in [0.5, 0.6) is 0 Å². The molecule has 0 fully saturated rings. The molecule has 1 aromatic rings. The molecule has 0 aromatic heterocycles. The van der Waals surface area contributed by atoms with Gasteiger partial charge in [0.15, 0.2) is 0 Å². The van der Waals surface area contributed by atoms with E-state index in [0.29, 0.717) is 5.02 Å². The number of nitrogens with one attached hydrogen (secondary N) is 2. The van der Waals surface area contributed by atoms with Crippen molar-refractivity contribution in [3.8, 4) is 0 Å². The van der Waals surface area contributed by atoms with Crippen LogP contribution in [0.3, 0.4) is 0 Å². The molecule has 0 bridgehead atoms. The number of methoxy groups -OCH3 is 1. The molecule has 0 saturated carbocycles. The molecule has 0 aliphatic carbocycles. The summed E-state index contributed by atoms with van der Waals surface area (Å²) in [5.74, 6) is 0. The van der Waals surface area contributed by atoms with E-state index in [9.17, 15) is 4.79 Å². The van der Waals surface area contributed by atoms with Crippen LogP contribution in [-0.4, -0.2) is 26.3 Å². The molecule has 0 aliphatic heterocycles. The Kier molecular flexibility index (Phi) is 5.91. The van der Waals surface area contributed by atoms with E-state index in [0.717, 1.165) is 5.56 Å². The molecule has 1 rings (SSSR count). The summed E-state index contributed by atoms with van der Waals surface area (Å²) >= 11 is 5.83. The van der Waals surface area contributed by atoms with Crippen LogP contribution in [0, 0.1) is 0 Å². The Morgan fingerprint density at radius 3 is 2.39 bits per heavy atom. The Hall–Kier alpha value is -1.30. The SMILES string of the molecule is CONC(=O)N[C@H](C)[C@H](OC)c1ccc(Cl)cc1. The molecule has 18 heavy (non-hydrogen) atoms. The third-order valence-corrected chi connectivity index (χ3v) is 2.71. The van der Waals surface area contributed by atoms with Crippen molar-refractivity contribution in [2.24, 2.45) is 0 Å². The topological polar surface area (TPSA) is 59.6 Å². The van der Waals surface area contributed by atoms with Crippen molar-refractivity contribution in [1.82, 2.24) is 10.8 Å². The van der Waals surface area contributed by atoms with Crippen LogP contribution < -0.4 is 10.8 Å². The zero-order valence-electron chi connectivity index (χ0n) is 10.6. The van der Waals surface area contributed by atoms with Gasteiger partial charge in [0, 0.05) is 12.1 Å². The van der Waals surface area contributed by atoms with Crippen molar-refractivity contribution in [3.05, 3.63) is 34.9 Å². The summed E-state index contributed by atoms with van der Waals surface area (Å²) in [5, 5.41) is 3.37. The Morgan fingerprint density at radius 2 is 1.89 bits per heavy atom. The molecule has 1 aromatic carbocycles. The molecule has 2 N–H and O–H groups in total. The molecule has 0 aliphatic rings. The van der Waals surface area contributed by atoms with Gasteiger partial charge in [0.1, 0.15) is 6.10 Å². The largest absolute Gasteiger partial charge is 0.375 e. The lowest BCUT2D eigenvalue weighted by atomic mass is 10.0. The maximum atomic E-state index is 11.3. The molecule has 0 saturated heterocycles. The zero-order chi connectivity index (χ0) is 13.5. The Bertz CT molecular complexity index is 383. The molecule has 6 heteroatoms.